The molecule has 2 rings (SSSR count). The van der Waals surface area contributed by atoms with Gasteiger partial charge in [-0.3, -0.25) is 9.36 Å². The Labute approximate surface area is 146 Å². The zero-order chi connectivity index (χ0) is 18.8. The van der Waals surface area contributed by atoms with Gasteiger partial charge in [-0.1, -0.05) is 46.2 Å². The van der Waals surface area contributed by atoms with E-state index in [1.165, 1.54) is 0 Å². The number of fused-ring (bicyclic) bond motifs is 1. The van der Waals surface area contributed by atoms with E-state index in [9.17, 15) is 14.4 Å². The first-order chi connectivity index (χ1) is 11.7. The van der Waals surface area contributed by atoms with Crippen LogP contribution in [0.5, 0.6) is 0 Å². The lowest BCUT2D eigenvalue weighted by Gasteiger charge is -2.28. The number of nitrogens with two attached hydrogens (primary N) is 1. The molecule has 0 aliphatic heterocycles. The van der Waals surface area contributed by atoms with Crippen molar-refractivity contribution in [1.82, 2.24) is 14.5 Å². The van der Waals surface area contributed by atoms with Gasteiger partial charge in [-0.05, 0) is 24.0 Å². The van der Waals surface area contributed by atoms with Gasteiger partial charge in [-0.2, -0.15) is 0 Å². The van der Waals surface area contributed by atoms with Gasteiger partial charge in [0.1, 0.15) is 6.04 Å². The van der Waals surface area contributed by atoms with E-state index in [0.29, 0.717) is 17.6 Å². The summed E-state index contributed by atoms with van der Waals surface area (Å²) < 4.78 is 2.67. The summed E-state index contributed by atoms with van der Waals surface area (Å²) in [5, 5.41) is 2.61. The zero-order valence-electron chi connectivity index (χ0n) is 15.2. The van der Waals surface area contributed by atoms with E-state index in [4.69, 9.17) is 5.73 Å². The Hall–Kier alpha value is -2.57. The highest BCUT2D eigenvalue weighted by Gasteiger charge is 2.32. The first-order valence-electron chi connectivity index (χ1n) is 8.49. The second-order valence-electron chi connectivity index (χ2n) is 7.26. The molecule has 0 aliphatic carbocycles. The van der Waals surface area contributed by atoms with E-state index < -0.39 is 29.1 Å². The van der Waals surface area contributed by atoms with Crippen LogP contribution < -0.4 is 16.7 Å². The average molecular weight is 346 g/mol. The van der Waals surface area contributed by atoms with Crippen LogP contribution in [0.1, 0.15) is 40.5 Å². The molecule has 0 fully saturated rings. The van der Waals surface area contributed by atoms with Crippen LogP contribution in [0.4, 0.5) is 4.79 Å². The molecule has 1 aromatic carbocycles. The van der Waals surface area contributed by atoms with Crippen LogP contribution in [0.25, 0.3) is 11.0 Å². The molecule has 3 N–H and O–H groups in total. The van der Waals surface area contributed by atoms with Crippen molar-refractivity contribution >= 4 is 23.0 Å². The van der Waals surface area contributed by atoms with E-state index in [1.54, 1.807) is 37.5 Å². The number of amides is 2. The predicted molar refractivity (Wildman–Crippen MR) is 97.5 cm³/mol. The van der Waals surface area contributed by atoms with E-state index >= 15 is 0 Å². The first-order valence-corrected chi connectivity index (χ1v) is 8.49. The smallest absolute Gasteiger partial charge is 0.337 e. The van der Waals surface area contributed by atoms with Gasteiger partial charge in [0.2, 0.25) is 5.91 Å². The van der Waals surface area contributed by atoms with Gasteiger partial charge < -0.3 is 11.1 Å². The molecule has 2 aromatic rings. The lowest BCUT2D eigenvalue weighted by atomic mass is 9.86. The van der Waals surface area contributed by atoms with Gasteiger partial charge in [-0.15, -0.1) is 0 Å². The van der Waals surface area contributed by atoms with Crippen LogP contribution in [0.3, 0.4) is 0 Å². The number of imidazole rings is 1. The normalized spacial score (nSPS) is 13.0. The Morgan fingerprint density at radius 3 is 2.32 bits per heavy atom. The van der Waals surface area contributed by atoms with Gasteiger partial charge in [-0.25, -0.2) is 14.2 Å². The number of benzene rings is 1. The molecule has 2 amide bonds. The zero-order valence-corrected chi connectivity index (χ0v) is 15.2. The number of rotatable bonds is 5. The van der Waals surface area contributed by atoms with Crippen LogP contribution in [-0.2, 0) is 11.3 Å². The fourth-order valence-corrected chi connectivity index (χ4v) is 2.84. The molecule has 136 valence electrons. The molecule has 1 atom stereocenters. The summed E-state index contributed by atoms with van der Waals surface area (Å²) in [4.78, 5) is 37.3. The number of aromatic nitrogens is 2. The molecular weight excluding hydrogens is 320 g/mol. The summed E-state index contributed by atoms with van der Waals surface area (Å²) in [6.07, 6.45) is 1.77. The average Bonchev–Trinajstić information content (AvgIpc) is 2.80. The molecule has 0 radical (unpaired) electrons. The van der Waals surface area contributed by atoms with Crippen LogP contribution >= 0.6 is 0 Å². The highest BCUT2D eigenvalue weighted by atomic mass is 16.2. The number of primary amides is 1. The third-order valence-corrected chi connectivity index (χ3v) is 4.19. The lowest BCUT2D eigenvalue weighted by Crippen LogP contribution is -2.54. The highest BCUT2D eigenvalue weighted by molar-refractivity contribution is 5.92. The summed E-state index contributed by atoms with van der Waals surface area (Å²) in [6, 6.07) is 5.60. The summed E-state index contributed by atoms with van der Waals surface area (Å²) in [6.45, 7) is 7.98. The number of unbranched alkanes of at least 4 members (excludes halogenated alkanes) is 1. The van der Waals surface area contributed by atoms with Crippen molar-refractivity contribution in [2.24, 2.45) is 11.1 Å². The maximum absolute atomic E-state index is 12.8. The molecule has 7 nitrogen and oxygen atoms in total. The third kappa shape index (κ3) is 3.75. The molecule has 1 aromatic heterocycles. The minimum Gasteiger partial charge on any atom is -0.368 e. The number of nitrogens with one attached hydrogen (secondary N) is 1. The van der Waals surface area contributed by atoms with Crippen molar-refractivity contribution in [3.05, 3.63) is 34.7 Å². The van der Waals surface area contributed by atoms with Gasteiger partial charge in [0, 0.05) is 6.54 Å². The fourth-order valence-electron chi connectivity index (χ4n) is 2.84. The van der Waals surface area contributed by atoms with Crippen LogP contribution in [0.2, 0.25) is 0 Å². The fraction of sp³-hybridized carbons (Fsp3) is 0.500. The Morgan fingerprint density at radius 1 is 1.20 bits per heavy atom. The van der Waals surface area contributed by atoms with Crippen molar-refractivity contribution < 1.29 is 9.59 Å². The highest BCUT2D eigenvalue weighted by Crippen LogP contribution is 2.20. The van der Waals surface area contributed by atoms with Gasteiger partial charge >= 0.3 is 11.7 Å². The third-order valence-electron chi connectivity index (χ3n) is 4.19. The summed E-state index contributed by atoms with van der Waals surface area (Å²) >= 11 is 0. The molecule has 0 saturated heterocycles. The molecule has 25 heavy (non-hydrogen) atoms. The van der Waals surface area contributed by atoms with Crippen LogP contribution in [-0.4, -0.2) is 27.1 Å². The number of hydrogen-bond acceptors (Lipinski definition) is 3. The summed E-state index contributed by atoms with van der Waals surface area (Å²) in [5.74, 6) is -0.636. The van der Waals surface area contributed by atoms with Gasteiger partial charge in [0.15, 0.2) is 0 Å². The van der Waals surface area contributed by atoms with Crippen molar-refractivity contribution in [1.29, 1.82) is 0 Å². The van der Waals surface area contributed by atoms with Gasteiger partial charge in [0.25, 0.3) is 0 Å². The molecule has 0 spiro atoms. The van der Waals surface area contributed by atoms with Crippen molar-refractivity contribution in [3.63, 3.8) is 0 Å². The summed E-state index contributed by atoms with van der Waals surface area (Å²) in [7, 11) is 0. The molecule has 0 unspecified atom stereocenters. The Kier molecular flexibility index (Phi) is 5.35. The predicted octanol–water partition coefficient (Wildman–Crippen LogP) is 2.06. The number of aryl methyl sites for hydroxylation is 1. The minimum absolute atomic E-state index is 0.413. The molecule has 0 bridgehead atoms. The number of hydrogen-bond donors (Lipinski definition) is 2. The Bertz CT molecular complexity index is 842. The van der Waals surface area contributed by atoms with E-state index in [2.05, 4.69) is 5.32 Å². The number of para-hydroxylation sites is 2. The molecule has 0 saturated carbocycles. The molecule has 7 heteroatoms. The standard InChI is InChI=1S/C18H26N4O3/c1-5-6-11-21-12-9-7-8-10-13(12)22(17(21)25)16(24)20-14(15(19)23)18(2,3)4/h7-10,14H,5-6,11H2,1-4H3,(H2,19,23)(H,20,24)/t14-/m1/s1. The largest absolute Gasteiger partial charge is 0.368 e. The second kappa shape index (κ2) is 7.13. The van der Waals surface area contributed by atoms with Crippen molar-refractivity contribution in [2.75, 3.05) is 0 Å². The van der Waals surface area contributed by atoms with E-state index in [1.807, 2.05) is 19.1 Å². The second-order valence-corrected chi connectivity index (χ2v) is 7.26. The number of carbonyl (C=O) groups is 2. The number of carbonyl (C=O) groups excluding carboxylic acids is 2. The van der Waals surface area contributed by atoms with Crippen LogP contribution in [0.15, 0.2) is 29.1 Å². The molecular formula is C18H26N4O3. The van der Waals surface area contributed by atoms with Crippen molar-refractivity contribution in [2.45, 2.75) is 53.1 Å². The van der Waals surface area contributed by atoms with E-state index in [-0.39, 0.29) is 0 Å². The first kappa shape index (κ1) is 18.8. The Morgan fingerprint density at radius 2 is 1.80 bits per heavy atom. The Balaban J connectivity index is 2.50. The van der Waals surface area contributed by atoms with Crippen LogP contribution in [0, 0.1) is 5.41 Å². The van der Waals surface area contributed by atoms with Gasteiger partial charge in [0.05, 0.1) is 11.0 Å². The molecule has 0 aliphatic rings. The number of nitrogens with zero attached hydrogens (tertiary/aromatic N) is 2. The SMILES string of the molecule is CCCCn1c(=O)n(C(=O)N[C@H](C(N)=O)C(C)(C)C)c2ccccc21. The quantitative estimate of drug-likeness (QED) is 0.867. The van der Waals surface area contributed by atoms with E-state index in [0.717, 1.165) is 17.4 Å². The molecule has 1 heterocycles. The topological polar surface area (TPSA) is 99.1 Å². The van der Waals surface area contributed by atoms with Crippen molar-refractivity contribution in [3.8, 4) is 0 Å². The minimum atomic E-state index is -0.885. The lowest BCUT2D eigenvalue weighted by molar-refractivity contribution is -0.122. The monoisotopic (exact) mass is 346 g/mol. The maximum atomic E-state index is 12.8. The summed E-state index contributed by atoms with van der Waals surface area (Å²) in [5.41, 5.74) is 5.66. The maximum Gasteiger partial charge on any atom is 0.337 e.